The lowest BCUT2D eigenvalue weighted by Gasteiger charge is -2.09. The molecule has 5 rings (SSSR count). The maximum Gasteiger partial charge on any atom is 0.337 e. The molecule has 0 aliphatic heterocycles. The Morgan fingerprint density at radius 1 is 0.791 bits per heavy atom. The number of aromatic hydroxyl groups is 1. The maximum absolute atomic E-state index is 12.2. The molecule has 19 heteroatoms. The van der Waals surface area contributed by atoms with Crippen LogP contribution >= 0.6 is 0 Å². The zero-order valence-electron chi connectivity index (χ0n) is 20.9. The van der Waals surface area contributed by atoms with Crippen LogP contribution in [0.25, 0.3) is 33.2 Å². The number of rotatable bonds is 7. The molecule has 6 N–H and O–H groups in total. The van der Waals surface area contributed by atoms with Gasteiger partial charge in [0.2, 0.25) is 0 Å². The minimum Gasteiger partial charge on any atom is -0.505 e. The third-order valence-electron chi connectivity index (χ3n) is 6.13. The summed E-state index contributed by atoms with van der Waals surface area (Å²) >= 11 is 0. The van der Waals surface area contributed by atoms with Crippen molar-refractivity contribution in [3.8, 4) is 17.1 Å². The van der Waals surface area contributed by atoms with E-state index in [1.54, 1.807) is 0 Å². The summed E-state index contributed by atoms with van der Waals surface area (Å²) < 4.78 is 101. The van der Waals surface area contributed by atoms with Crippen molar-refractivity contribution < 1.29 is 53.9 Å². The van der Waals surface area contributed by atoms with E-state index in [1.165, 1.54) is 36.4 Å². The third kappa shape index (κ3) is 5.55. The van der Waals surface area contributed by atoms with Crippen molar-refractivity contribution in [1.82, 2.24) is 9.97 Å². The minimum absolute atomic E-state index is 0.0191. The van der Waals surface area contributed by atoms with E-state index in [0.29, 0.717) is 6.07 Å². The Labute approximate surface area is 241 Å². The normalized spacial score (nSPS) is 12.8. The molecule has 5 aromatic rings. The first-order valence-electron chi connectivity index (χ1n) is 11.5. The molecule has 0 spiro atoms. The second-order valence-corrected chi connectivity index (χ2v) is 13.0. The van der Waals surface area contributed by atoms with E-state index in [-0.39, 0.29) is 44.4 Å². The number of carboxylic acid groups (broad SMARTS) is 1. The first kappa shape index (κ1) is 29.7. The SMILES string of the molecule is O=C(O)c1ccccc1/N=N/c1c(S(=O)(=O)O)cc2ccc3nc(-c4ccc(S(=O)(=O)O)cc4S(=O)(=O)O)[nH]c3c2c1O. The lowest BCUT2D eigenvalue weighted by atomic mass is 10.1. The van der Waals surface area contributed by atoms with Crippen molar-refractivity contribution in [2.75, 3.05) is 0 Å². The van der Waals surface area contributed by atoms with Crippen molar-refractivity contribution in [1.29, 1.82) is 0 Å². The molecule has 1 aromatic heterocycles. The molecule has 0 bridgehead atoms. The molecule has 0 atom stereocenters. The molecule has 1 heterocycles. The van der Waals surface area contributed by atoms with Crippen LogP contribution in [0.5, 0.6) is 5.75 Å². The van der Waals surface area contributed by atoms with Crippen molar-refractivity contribution in [3.05, 3.63) is 66.2 Å². The number of fused-ring (bicyclic) bond motifs is 3. The van der Waals surface area contributed by atoms with Crippen molar-refractivity contribution in [2.45, 2.75) is 14.7 Å². The summed E-state index contributed by atoms with van der Waals surface area (Å²) in [7, 11) is -15.0. The van der Waals surface area contributed by atoms with Gasteiger partial charge in [0.15, 0.2) is 5.75 Å². The largest absolute Gasteiger partial charge is 0.505 e. The summed E-state index contributed by atoms with van der Waals surface area (Å²) in [6, 6.07) is 11.2. The van der Waals surface area contributed by atoms with Gasteiger partial charge in [-0.15, -0.1) is 10.2 Å². The Kier molecular flexibility index (Phi) is 7.03. The fraction of sp³-hybridized carbons (Fsp3) is 0. The van der Waals surface area contributed by atoms with Crippen molar-refractivity contribution in [3.63, 3.8) is 0 Å². The summed E-state index contributed by atoms with van der Waals surface area (Å²) in [6.07, 6.45) is 0. The number of aromatic carboxylic acids is 1. The summed E-state index contributed by atoms with van der Waals surface area (Å²) in [6.45, 7) is 0. The van der Waals surface area contributed by atoms with Crippen LogP contribution in [0.4, 0.5) is 11.4 Å². The number of aromatic amines is 1. The van der Waals surface area contributed by atoms with Crippen LogP contribution < -0.4 is 0 Å². The van der Waals surface area contributed by atoms with E-state index in [1.807, 2.05) is 0 Å². The monoisotopic (exact) mass is 648 g/mol. The molecule has 0 amide bonds. The van der Waals surface area contributed by atoms with E-state index in [9.17, 15) is 53.9 Å². The summed E-state index contributed by atoms with van der Waals surface area (Å²) in [5, 5.41) is 28.0. The number of carbonyl (C=O) groups is 1. The molecular weight excluding hydrogens is 632 g/mol. The zero-order chi connectivity index (χ0) is 31.5. The van der Waals surface area contributed by atoms with Gasteiger partial charge in [0.05, 0.1) is 26.9 Å². The van der Waals surface area contributed by atoms with Gasteiger partial charge < -0.3 is 15.2 Å². The molecule has 0 saturated heterocycles. The van der Waals surface area contributed by atoms with Crippen LogP contribution in [-0.2, 0) is 30.4 Å². The Bertz CT molecular complexity index is 2370. The number of phenolic OH excluding ortho intramolecular Hbond substituents is 1. The van der Waals surface area contributed by atoms with Gasteiger partial charge in [-0.1, -0.05) is 18.2 Å². The van der Waals surface area contributed by atoms with E-state index in [4.69, 9.17) is 0 Å². The first-order valence-corrected chi connectivity index (χ1v) is 15.8. The molecule has 222 valence electrons. The number of azo groups is 1. The number of nitrogens with one attached hydrogen (secondary N) is 1. The van der Waals surface area contributed by atoms with Crippen LogP contribution in [0.15, 0.2) is 85.6 Å². The number of H-pyrrole nitrogens is 1. The summed E-state index contributed by atoms with van der Waals surface area (Å²) in [4.78, 5) is 15.8. The standard InChI is InChI=1S/C24H16N4O12S3/c29-22-19-11(9-18(43(38,39)40)21(22)28-27-15-4-2-1-3-13(15)24(30)31)5-8-16-20(19)26-23(25-16)14-7-6-12(41(32,33)34)10-17(14)42(35,36)37/h1-10,29H,(H,25,26)(H,30,31)(H,32,33,34)(H,35,36,37)(H,38,39,40)/b28-27+. The van der Waals surface area contributed by atoms with Crippen LogP contribution in [0.3, 0.4) is 0 Å². The molecule has 16 nitrogen and oxygen atoms in total. The fourth-order valence-corrected chi connectivity index (χ4v) is 6.21. The lowest BCUT2D eigenvalue weighted by Crippen LogP contribution is -2.05. The molecule has 0 fully saturated rings. The second kappa shape index (κ2) is 10.2. The first-order chi connectivity index (χ1) is 20.0. The van der Waals surface area contributed by atoms with Gasteiger partial charge >= 0.3 is 5.97 Å². The lowest BCUT2D eigenvalue weighted by molar-refractivity contribution is 0.0697. The highest BCUT2D eigenvalue weighted by molar-refractivity contribution is 7.86. The summed E-state index contributed by atoms with van der Waals surface area (Å²) in [5.41, 5.74) is -1.56. The van der Waals surface area contributed by atoms with E-state index in [0.717, 1.165) is 18.2 Å². The average Bonchev–Trinajstić information content (AvgIpc) is 3.35. The molecule has 0 radical (unpaired) electrons. The zero-order valence-corrected chi connectivity index (χ0v) is 23.4. The van der Waals surface area contributed by atoms with E-state index >= 15 is 0 Å². The number of imidazole rings is 1. The highest BCUT2D eigenvalue weighted by Gasteiger charge is 2.26. The number of phenols is 1. The third-order valence-corrected chi connectivity index (χ3v) is 8.74. The van der Waals surface area contributed by atoms with Gasteiger partial charge in [-0.05, 0) is 47.9 Å². The topological polar surface area (TPSA) is 274 Å². The predicted molar refractivity (Wildman–Crippen MR) is 148 cm³/mol. The Morgan fingerprint density at radius 2 is 1.47 bits per heavy atom. The van der Waals surface area contributed by atoms with Crippen LogP contribution in [0, 0.1) is 0 Å². The van der Waals surface area contributed by atoms with E-state index in [2.05, 4.69) is 20.2 Å². The van der Waals surface area contributed by atoms with Crippen LogP contribution in [0.2, 0.25) is 0 Å². The number of hydrogen-bond acceptors (Lipinski definition) is 11. The van der Waals surface area contributed by atoms with E-state index < -0.39 is 62.4 Å². The second-order valence-electron chi connectivity index (χ2n) is 8.82. The van der Waals surface area contributed by atoms with Gasteiger partial charge in [0, 0.05) is 5.56 Å². The highest BCUT2D eigenvalue weighted by Crippen LogP contribution is 2.44. The van der Waals surface area contributed by atoms with Gasteiger partial charge in [0.25, 0.3) is 30.4 Å². The molecule has 4 aromatic carbocycles. The Balaban J connectivity index is 1.79. The van der Waals surface area contributed by atoms with Gasteiger partial charge in [0.1, 0.15) is 27.0 Å². The van der Waals surface area contributed by atoms with Crippen molar-refractivity contribution >= 4 is 69.5 Å². The molecule has 43 heavy (non-hydrogen) atoms. The van der Waals surface area contributed by atoms with Crippen LogP contribution in [0.1, 0.15) is 10.4 Å². The number of aromatic nitrogens is 2. The molecule has 0 aliphatic carbocycles. The quantitative estimate of drug-likeness (QED) is 0.108. The number of carboxylic acids is 1. The highest BCUT2D eigenvalue weighted by atomic mass is 32.2. The average molecular weight is 649 g/mol. The van der Waals surface area contributed by atoms with Gasteiger partial charge in [-0.3, -0.25) is 13.7 Å². The summed E-state index contributed by atoms with van der Waals surface area (Å²) in [5.74, 6) is -2.47. The number of benzene rings is 4. The van der Waals surface area contributed by atoms with Gasteiger partial charge in [-0.2, -0.15) is 25.3 Å². The number of hydrogen-bond donors (Lipinski definition) is 6. The molecule has 0 saturated carbocycles. The molecular formula is C24H16N4O12S3. The minimum atomic E-state index is -5.07. The maximum atomic E-state index is 12.2. The fourth-order valence-electron chi connectivity index (χ4n) is 4.25. The molecule has 0 unspecified atom stereocenters. The smallest absolute Gasteiger partial charge is 0.337 e. The Hall–Kier alpha value is -4.79. The van der Waals surface area contributed by atoms with Crippen molar-refractivity contribution in [2.24, 2.45) is 10.2 Å². The Morgan fingerprint density at radius 3 is 2.09 bits per heavy atom. The molecule has 0 aliphatic rings. The van der Waals surface area contributed by atoms with Crippen LogP contribution in [-0.4, -0.2) is 65.1 Å². The predicted octanol–water partition coefficient (Wildman–Crippen LogP) is 3.94. The van der Waals surface area contributed by atoms with Gasteiger partial charge in [-0.25, -0.2) is 9.78 Å². The number of nitrogens with zero attached hydrogens (tertiary/aromatic N) is 3.